The van der Waals surface area contributed by atoms with Crippen molar-refractivity contribution in [2.75, 3.05) is 13.1 Å². The van der Waals surface area contributed by atoms with E-state index < -0.39 is 15.4 Å². The first kappa shape index (κ1) is 24.6. The molecule has 0 atom stereocenters. The van der Waals surface area contributed by atoms with E-state index in [0.29, 0.717) is 48.4 Å². The predicted octanol–water partition coefficient (Wildman–Crippen LogP) is 5.06. The number of carbonyl (C=O) groups excluding carboxylic acids is 1. The fourth-order valence-corrected chi connectivity index (χ4v) is 6.24. The van der Waals surface area contributed by atoms with E-state index in [0.717, 1.165) is 5.39 Å². The molecule has 1 amide bonds. The molecule has 1 fully saturated rings. The van der Waals surface area contributed by atoms with E-state index in [-0.39, 0.29) is 27.9 Å². The average Bonchev–Trinajstić information content (AvgIpc) is 3.47. The first-order valence-electron chi connectivity index (χ1n) is 11.8. The zero-order valence-electron chi connectivity index (χ0n) is 20.4. The number of H-pyrrole nitrogens is 1. The Morgan fingerprint density at radius 1 is 1.14 bits per heavy atom. The van der Waals surface area contributed by atoms with Gasteiger partial charge in [0.15, 0.2) is 5.03 Å². The van der Waals surface area contributed by atoms with Gasteiger partial charge in [0.1, 0.15) is 22.6 Å². The quantitative estimate of drug-likeness (QED) is 0.370. The summed E-state index contributed by atoms with van der Waals surface area (Å²) in [6.45, 7) is 6.56. The standard InChI is InChI=1S/C25H28ClN5O4S/c1-25(2,3)35-24(32)30-13-10-16(11-14-30)31-19(15-26)28-20-21(31)18-9-12-27-22(18)29-23(20)36(33,34)17-7-5-4-6-8-17/h4-9,12,16H,10-11,13-15H2,1-3H3,(H,27,29). The highest BCUT2D eigenvalue weighted by Gasteiger charge is 2.32. The highest BCUT2D eigenvalue weighted by atomic mass is 35.5. The Labute approximate surface area is 214 Å². The summed E-state index contributed by atoms with van der Waals surface area (Å²) in [5.74, 6) is 0.680. The minimum absolute atomic E-state index is 0.0183. The van der Waals surface area contributed by atoms with Crippen molar-refractivity contribution in [1.29, 1.82) is 0 Å². The number of rotatable bonds is 4. The van der Waals surface area contributed by atoms with Crippen molar-refractivity contribution in [3.05, 3.63) is 48.4 Å². The third-order valence-corrected chi connectivity index (χ3v) is 8.21. The summed E-state index contributed by atoms with van der Waals surface area (Å²) in [7, 11) is -3.93. The number of alkyl halides is 1. The summed E-state index contributed by atoms with van der Waals surface area (Å²) in [5, 5.41) is 0.672. The Hall–Kier alpha value is -3.11. The van der Waals surface area contributed by atoms with Crippen LogP contribution in [0, 0.1) is 0 Å². The Balaban J connectivity index is 1.59. The molecule has 1 N–H and O–H groups in total. The molecule has 4 heterocycles. The molecule has 5 rings (SSSR count). The Morgan fingerprint density at radius 2 is 1.83 bits per heavy atom. The molecule has 1 aliphatic rings. The number of carbonyl (C=O) groups is 1. The van der Waals surface area contributed by atoms with Crippen molar-refractivity contribution >= 4 is 49.6 Å². The van der Waals surface area contributed by atoms with E-state index in [1.54, 1.807) is 41.4 Å². The van der Waals surface area contributed by atoms with Gasteiger partial charge in [-0.3, -0.25) is 0 Å². The van der Waals surface area contributed by atoms with Gasteiger partial charge in [0.05, 0.1) is 16.3 Å². The Kier molecular flexibility index (Phi) is 6.20. The maximum Gasteiger partial charge on any atom is 0.410 e. The van der Waals surface area contributed by atoms with Crippen LogP contribution in [0.5, 0.6) is 0 Å². The van der Waals surface area contributed by atoms with Crippen LogP contribution in [-0.4, -0.2) is 57.6 Å². The van der Waals surface area contributed by atoms with Crippen LogP contribution in [0.4, 0.5) is 4.79 Å². The van der Waals surface area contributed by atoms with Crippen molar-refractivity contribution in [2.24, 2.45) is 0 Å². The van der Waals surface area contributed by atoms with Crippen LogP contribution in [-0.2, 0) is 20.5 Å². The van der Waals surface area contributed by atoms with Gasteiger partial charge in [0, 0.05) is 30.7 Å². The second-order valence-corrected chi connectivity index (χ2v) is 12.0. The van der Waals surface area contributed by atoms with Crippen LogP contribution in [0.15, 0.2) is 52.5 Å². The molecule has 0 bridgehead atoms. The monoisotopic (exact) mass is 529 g/mol. The zero-order valence-corrected chi connectivity index (χ0v) is 21.9. The normalized spacial score (nSPS) is 15.6. The molecular weight excluding hydrogens is 502 g/mol. The van der Waals surface area contributed by atoms with Gasteiger partial charge in [0.25, 0.3) is 0 Å². The van der Waals surface area contributed by atoms with Gasteiger partial charge in [0.2, 0.25) is 9.84 Å². The smallest absolute Gasteiger partial charge is 0.410 e. The number of benzene rings is 1. The lowest BCUT2D eigenvalue weighted by atomic mass is 10.0. The van der Waals surface area contributed by atoms with E-state index in [4.69, 9.17) is 21.3 Å². The molecule has 11 heteroatoms. The first-order chi connectivity index (χ1) is 17.1. The topological polar surface area (TPSA) is 110 Å². The summed E-state index contributed by atoms with van der Waals surface area (Å²) < 4.78 is 34.8. The molecule has 1 aliphatic heterocycles. The fraction of sp³-hybridized carbons (Fsp3) is 0.400. The van der Waals surface area contributed by atoms with Gasteiger partial charge in [-0.2, -0.15) is 0 Å². The number of hydrogen-bond donors (Lipinski definition) is 1. The van der Waals surface area contributed by atoms with E-state index in [9.17, 15) is 13.2 Å². The second-order valence-electron chi connectivity index (χ2n) is 9.90. The van der Waals surface area contributed by atoms with Crippen molar-refractivity contribution in [1.82, 2.24) is 24.4 Å². The summed E-state index contributed by atoms with van der Waals surface area (Å²) in [4.78, 5) is 26.7. The van der Waals surface area contributed by atoms with E-state index in [1.165, 1.54) is 0 Å². The maximum absolute atomic E-state index is 13.6. The van der Waals surface area contributed by atoms with Crippen molar-refractivity contribution in [2.45, 2.75) is 61.1 Å². The minimum Gasteiger partial charge on any atom is -0.444 e. The zero-order chi connectivity index (χ0) is 25.7. The highest BCUT2D eigenvalue weighted by molar-refractivity contribution is 7.91. The number of nitrogens with zero attached hydrogens (tertiary/aromatic N) is 4. The van der Waals surface area contributed by atoms with Crippen LogP contribution in [0.3, 0.4) is 0 Å². The number of fused-ring (bicyclic) bond motifs is 3. The molecule has 0 unspecified atom stereocenters. The number of pyridine rings is 1. The summed E-state index contributed by atoms with van der Waals surface area (Å²) >= 11 is 6.34. The van der Waals surface area contributed by atoms with Crippen LogP contribution in [0.1, 0.15) is 45.5 Å². The highest BCUT2D eigenvalue weighted by Crippen LogP contribution is 2.37. The molecule has 36 heavy (non-hydrogen) atoms. The van der Waals surface area contributed by atoms with E-state index in [1.807, 2.05) is 31.4 Å². The molecular formula is C25H28ClN5O4S. The van der Waals surface area contributed by atoms with E-state index in [2.05, 4.69) is 9.97 Å². The Morgan fingerprint density at radius 3 is 2.47 bits per heavy atom. The predicted molar refractivity (Wildman–Crippen MR) is 137 cm³/mol. The molecule has 9 nitrogen and oxygen atoms in total. The van der Waals surface area contributed by atoms with Crippen LogP contribution < -0.4 is 0 Å². The van der Waals surface area contributed by atoms with Crippen molar-refractivity contribution < 1.29 is 17.9 Å². The number of ether oxygens (including phenoxy) is 1. The first-order valence-corrected chi connectivity index (χ1v) is 13.8. The lowest BCUT2D eigenvalue weighted by Gasteiger charge is -2.34. The lowest BCUT2D eigenvalue weighted by Crippen LogP contribution is -2.42. The third-order valence-electron chi connectivity index (χ3n) is 6.29. The number of halogens is 1. The van der Waals surface area contributed by atoms with Gasteiger partial charge >= 0.3 is 6.09 Å². The maximum atomic E-state index is 13.6. The van der Waals surface area contributed by atoms with Crippen LogP contribution in [0.25, 0.3) is 22.1 Å². The molecule has 4 aromatic rings. The van der Waals surface area contributed by atoms with Crippen molar-refractivity contribution in [3.63, 3.8) is 0 Å². The molecule has 0 aliphatic carbocycles. The summed E-state index contributed by atoms with van der Waals surface area (Å²) in [6, 6.07) is 10.1. The molecule has 190 valence electrons. The number of amides is 1. The lowest BCUT2D eigenvalue weighted by molar-refractivity contribution is 0.0189. The molecule has 3 aromatic heterocycles. The van der Waals surface area contributed by atoms with Gasteiger partial charge in [-0.05, 0) is 51.8 Å². The van der Waals surface area contributed by atoms with Gasteiger partial charge in [-0.25, -0.2) is 23.2 Å². The van der Waals surface area contributed by atoms with Crippen molar-refractivity contribution in [3.8, 4) is 0 Å². The summed E-state index contributed by atoms with van der Waals surface area (Å²) in [5.41, 5.74) is 0.886. The fourth-order valence-electron chi connectivity index (χ4n) is 4.70. The minimum atomic E-state index is -3.93. The number of imidazole rings is 1. The molecule has 0 spiro atoms. The third kappa shape index (κ3) is 4.32. The average molecular weight is 530 g/mol. The number of sulfone groups is 1. The molecule has 1 saturated heterocycles. The van der Waals surface area contributed by atoms with Crippen LogP contribution >= 0.6 is 11.6 Å². The molecule has 1 aromatic carbocycles. The molecule has 0 saturated carbocycles. The summed E-state index contributed by atoms with van der Waals surface area (Å²) in [6.07, 6.45) is 2.72. The number of aromatic nitrogens is 4. The van der Waals surface area contributed by atoms with E-state index >= 15 is 0 Å². The van der Waals surface area contributed by atoms with Crippen LogP contribution in [0.2, 0.25) is 0 Å². The van der Waals surface area contributed by atoms with Gasteiger partial charge < -0.3 is 19.2 Å². The second kappa shape index (κ2) is 9.08. The number of nitrogens with one attached hydrogen (secondary N) is 1. The largest absolute Gasteiger partial charge is 0.444 e. The number of likely N-dealkylation sites (tertiary alicyclic amines) is 1. The Bertz CT molecular complexity index is 1530. The number of hydrogen-bond acceptors (Lipinski definition) is 6. The van der Waals surface area contributed by atoms with Gasteiger partial charge in [-0.1, -0.05) is 18.2 Å². The number of aromatic amines is 1. The SMILES string of the molecule is CC(C)(C)OC(=O)N1CCC(n2c(CCl)nc3c(S(=O)(=O)c4ccccc4)nc4[nH]ccc4c32)CC1. The molecule has 0 radical (unpaired) electrons. The van der Waals surface area contributed by atoms with Gasteiger partial charge in [-0.15, -0.1) is 11.6 Å². The number of piperidine rings is 1.